The van der Waals surface area contributed by atoms with Crippen molar-refractivity contribution in [3.8, 4) is 0 Å². The van der Waals surface area contributed by atoms with Gasteiger partial charge in [0.05, 0.1) is 0 Å². The summed E-state index contributed by atoms with van der Waals surface area (Å²) < 4.78 is 0. The monoisotopic (exact) mass is 307 g/mol. The van der Waals surface area contributed by atoms with Gasteiger partial charge in [0.2, 0.25) is 0 Å². The first kappa shape index (κ1) is 16.1. The average Bonchev–Trinajstić information content (AvgIpc) is 3.03. The Morgan fingerprint density at radius 1 is 1.43 bits per heavy atom. The molecule has 1 fully saturated rings. The van der Waals surface area contributed by atoms with Crippen LogP contribution in [0.15, 0.2) is 12.1 Å². The molecule has 0 radical (unpaired) electrons. The van der Waals surface area contributed by atoms with Crippen molar-refractivity contribution in [2.75, 3.05) is 24.2 Å². The van der Waals surface area contributed by atoms with Crippen LogP contribution in [0.25, 0.3) is 0 Å². The van der Waals surface area contributed by atoms with E-state index in [0.717, 1.165) is 37.4 Å². The van der Waals surface area contributed by atoms with E-state index in [1.165, 1.54) is 18.6 Å². The molecule has 1 aromatic heterocycles. The first-order chi connectivity index (χ1) is 10.2. The van der Waals surface area contributed by atoms with Crippen LogP contribution in [-0.2, 0) is 6.42 Å². The van der Waals surface area contributed by atoms with Gasteiger partial charge in [-0.1, -0.05) is 13.8 Å². The Labute approximate surface area is 131 Å². The summed E-state index contributed by atoms with van der Waals surface area (Å²) in [6.07, 6.45) is 4.36. The summed E-state index contributed by atoms with van der Waals surface area (Å²) >= 11 is 1.96. The van der Waals surface area contributed by atoms with Crippen LogP contribution in [0.1, 0.15) is 49.2 Å². The Balaban J connectivity index is 2.00. The third kappa shape index (κ3) is 4.92. The number of amides is 1. The molecule has 4 nitrogen and oxygen atoms in total. The van der Waals surface area contributed by atoms with Crippen LogP contribution >= 0.6 is 11.8 Å². The van der Waals surface area contributed by atoms with Crippen LogP contribution in [0.4, 0.5) is 5.82 Å². The highest BCUT2D eigenvalue weighted by Gasteiger charge is 2.17. The summed E-state index contributed by atoms with van der Waals surface area (Å²) in [6, 6.07) is 3.75. The summed E-state index contributed by atoms with van der Waals surface area (Å²) in [6.45, 7) is 5.82. The van der Waals surface area contributed by atoms with E-state index in [4.69, 9.17) is 0 Å². The molecule has 1 aliphatic heterocycles. The first-order valence-corrected chi connectivity index (χ1v) is 8.92. The van der Waals surface area contributed by atoms with E-state index in [2.05, 4.69) is 29.5 Å². The van der Waals surface area contributed by atoms with Crippen molar-refractivity contribution in [3.05, 3.63) is 23.4 Å². The van der Waals surface area contributed by atoms with Crippen molar-refractivity contribution in [2.45, 2.75) is 44.8 Å². The fourth-order valence-corrected chi connectivity index (χ4v) is 3.56. The largest absolute Gasteiger partial charge is 0.370 e. The lowest BCUT2D eigenvalue weighted by Crippen LogP contribution is -2.30. The van der Waals surface area contributed by atoms with Crippen LogP contribution in [-0.4, -0.2) is 35.0 Å². The number of carbonyl (C=O) groups excluding carboxylic acids is 1. The highest BCUT2D eigenvalue weighted by Crippen LogP contribution is 2.25. The lowest BCUT2D eigenvalue weighted by Gasteiger charge is -2.12. The van der Waals surface area contributed by atoms with E-state index in [1.807, 2.05) is 23.9 Å². The van der Waals surface area contributed by atoms with Crippen molar-refractivity contribution in [3.63, 3.8) is 0 Å². The second-order valence-electron chi connectivity index (χ2n) is 5.36. The van der Waals surface area contributed by atoms with Gasteiger partial charge < -0.3 is 10.6 Å². The molecule has 0 aliphatic carbocycles. The lowest BCUT2D eigenvalue weighted by molar-refractivity contribution is 0.0953. The maximum atomic E-state index is 12.3. The van der Waals surface area contributed by atoms with Gasteiger partial charge in [-0.3, -0.25) is 4.79 Å². The second kappa shape index (κ2) is 8.27. The fourth-order valence-electron chi connectivity index (χ4n) is 2.36. The van der Waals surface area contributed by atoms with E-state index < -0.39 is 0 Å². The minimum Gasteiger partial charge on any atom is -0.370 e. The van der Waals surface area contributed by atoms with Crippen molar-refractivity contribution >= 4 is 23.5 Å². The predicted octanol–water partition coefficient (Wildman–Crippen LogP) is 3.09. The van der Waals surface area contributed by atoms with E-state index in [0.29, 0.717) is 10.8 Å². The topological polar surface area (TPSA) is 54.0 Å². The van der Waals surface area contributed by atoms with E-state index in [1.54, 1.807) is 0 Å². The third-order valence-electron chi connectivity index (χ3n) is 3.57. The van der Waals surface area contributed by atoms with Gasteiger partial charge in [0.25, 0.3) is 5.91 Å². The maximum absolute atomic E-state index is 12.3. The molecule has 21 heavy (non-hydrogen) atoms. The maximum Gasteiger partial charge on any atom is 0.251 e. The van der Waals surface area contributed by atoms with Gasteiger partial charge in [0, 0.05) is 29.6 Å². The summed E-state index contributed by atoms with van der Waals surface area (Å²) in [5.41, 5.74) is 1.67. The Morgan fingerprint density at radius 3 is 2.95 bits per heavy atom. The number of nitrogens with zero attached hydrogens (tertiary/aromatic N) is 1. The molecule has 1 amide bonds. The number of rotatable bonds is 7. The summed E-state index contributed by atoms with van der Waals surface area (Å²) in [5, 5.41) is 6.91. The van der Waals surface area contributed by atoms with Crippen LogP contribution < -0.4 is 10.6 Å². The predicted molar refractivity (Wildman–Crippen MR) is 90.2 cm³/mol. The smallest absolute Gasteiger partial charge is 0.251 e. The van der Waals surface area contributed by atoms with Crippen molar-refractivity contribution in [1.82, 2.24) is 10.3 Å². The summed E-state index contributed by atoms with van der Waals surface area (Å²) in [4.78, 5) is 16.8. The van der Waals surface area contributed by atoms with E-state index >= 15 is 0 Å². The molecule has 2 rings (SSSR count). The van der Waals surface area contributed by atoms with Gasteiger partial charge in [-0.2, -0.15) is 11.8 Å². The molecule has 0 saturated carbocycles. The molecule has 116 valence electrons. The van der Waals surface area contributed by atoms with E-state index in [-0.39, 0.29) is 5.91 Å². The molecule has 2 heterocycles. The molecule has 0 aromatic carbocycles. The molecule has 0 bridgehead atoms. The molecule has 2 N–H and O–H groups in total. The highest BCUT2D eigenvalue weighted by molar-refractivity contribution is 8.00. The number of hydrogen-bond acceptors (Lipinski definition) is 4. The average molecular weight is 307 g/mol. The molecule has 1 saturated heterocycles. The zero-order chi connectivity index (χ0) is 15.1. The standard InChI is InChI=1S/C16H25N3OS/c1-3-7-17-15-10-12(9-13(4-2)19-15)16(20)18-11-14-6-5-8-21-14/h9-10,14H,3-8,11H2,1-2H3,(H,17,19)(H,18,20). The Bertz CT molecular complexity index is 473. The number of aryl methyl sites for hydroxylation is 1. The van der Waals surface area contributed by atoms with Gasteiger partial charge in [-0.25, -0.2) is 4.98 Å². The highest BCUT2D eigenvalue weighted by atomic mass is 32.2. The molecule has 0 spiro atoms. The number of nitrogens with one attached hydrogen (secondary N) is 2. The van der Waals surface area contributed by atoms with Crippen LogP contribution in [0.3, 0.4) is 0 Å². The first-order valence-electron chi connectivity index (χ1n) is 7.87. The lowest BCUT2D eigenvalue weighted by atomic mass is 10.1. The van der Waals surface area contributed by atoms with Gasteiger partial charge >= 0.3 is 0 Å². The Kier molecular flexibility index (Phi) is 6.36. The fraction of sp³-hybridized carbons (Fsp3) is 0.625. The van der Waals surface area contributed by atoms with Crippen LogP contribution in [0, 0.1) is 0 Å². The number of aromatic nitrogens is 1. The molecule has 5 heteroatoms. The van der Waals surface area contributed by atoms with Crippen molar-refractivity contribution < 1.29 is 4.79 Å². The summed E-state index contributed by atoms with van der Waals surface area (Å²) in [5.74, 6) is 2.04. The number of hydrogen-bond donors (Lipinski definition) is 2. The molecule has 1 aliphatic rings. The van der Waals surface area contributed by atoms with E-state index in [9.17, 15) is 4.79 Å². The number of anilines is 1. The van der Waals surface area contributed by atoms with Crippen molar-refractivity contribution in [1.29, 1.82) is 0 Å². The van der Waals surface area contributed by atoms with Gasteiger partial charge in [-0.15, -0.1) is 0 Å². The SMILES string of the molecule is CCCNc1cc(C(=O)NCC2CCCS2)cc(CC)n1. The zero-order valence-electron chi connectivity index (χ0n) is 12.9. The summed E-state index contributed by atoms with van der Waals surface area (Å²) in [7, 11) is 0. The van der Waals surface area contributed by atoms with Gasteiger partial charge in [0.15, 0.2) is 0 Å². The minimum absolute atomic E-state index is 0.0131. The number of thioether (sulfide) groups is 1. The van der Waals surface area contributed by atoms with Crippen molar-refractivity contribution in [2.24, 2.45) is 0 Å². The minimum atomic E-state index is 0.0131. The third-order valence-corrected chi connectivity index (χ3v) is 4.97. The van der Waals surface area contributed by atoms with Crippen LogP contribution in [0.5, 0.6) is 0 Å². The molecular weight excluding hydrogens is 282 g/mol. The van der Waals surface area contributed by atoms with Crippen LogP contribution in [0.2, 0.25) is 0 Å². The molecular formula is C16H25N3OS. The molecule has 1 atom stereocenters. The Morgan fingerprint density at radius 2 is 2.29 bits per heavy atom. The molecule has 1 aromatic rings. The number of carbonyl (C=O) groups is 1. The normalized spacial score (nSPS) is 17.7. The zero-order valence-corrected chi connectivity index (χ0v) is 13.8. The second-order valence-corrected chi connectivity index (χ2v) is 6.77. The molecule has 1 unspecified atom stereocenters. The van der Waals surface area contributed by atoms with Gasteiger partial charge in [0.1, 0.15) is 5.82 Å². The van der Waals surface area contributed by atoms with Gasteiger partial charge in [-0.05, 0) is 43.6 Å². The quantitative estimate of drug-likeness (QED) is 0.813. The Hall–Kier alpha value is -1.23. The number of pyridine rings is 1.